The monoisotopic (exact) mass is 294 g/mol. The van der Waals surface area contributed by atoms with Crippen molar-refractivity contribution in [2.45, 2.75) is 31.6 Å². The van der Waals surface area contributed by atoms with Crippen molar-refractivity contribution in [2.24, 2.45) is 0 Å². The third kappa shape index (κ3) is 2.56. The van der Waals surface area contributed by atoms with Crippen molar-refractivity contribution in [3.63, 3.8) is 0 Å². The van der Waals surface area contributed by atoms with Crippen molar-refractivity contribution in [1.29, 1.82) is 0 Å². The Morgan fingerprint density at radius 2 is 1.95 bits per heavy atom. The highest BCUT2D eigenvalue weighted by Crippen LogP contribution is 2.29. The predicted octanol–water partition coefficient (Wildman–Crippen LogP) is 2.56. The van der Waals surface area contributed by atoms with Gasteiger partial charge in [0.05, 0.1) is 12.8 Å². The maximum atomic E-state index is 12.6. The van der Waals surface area contributed by atoms with Crippen molar-refractivity contribution < 1.29 is 13.2 Å². The topological polar surface area (TPSA) is 61.2 Å². The van der Waals surface area contributed by atoms with E-state index in [9.17, 15) is 8.42 Å². The first-order valence-electron chi connectivity index (χ1n) is 6.32. The molecular formula is C14H18N2O3S. The van der Waals surface area contributed by atoms with Crippen molar-refractivity contribution in [3.8, 4) is 5.75 Å². The lowest BCUT2D eigenvalue weighted by Crippen LogP contribution is -2.15. The lowest BCUT2D eigenvalue weighted by atomic mass is 10.0. The minimum absolute atomic E-state index is 0.134. The smallest absolute Gasteiger partial charge is 0.286 e. The van der Waals surface area contributed by atoms with Crippen molar-refractivity contribution in [2.75, 3.05) is 7.11 Å². The Hall–Kier alpha value is -1.82. The number of hydrogen-bond donors (Lipinski definition) is 0. The number of hydrogen-bond acceptors (Lipinski definition) is 4. The second kappa shape index (κ2) is 5.28. The molecule has 108 valence electrons. The summed E-state index contributed by atoms with van der Waals surface area (Å²) in [5.74, 6) is 0.553. The molecule has 5 nitrogen and oxygen atoms in total. The van der Waals surface area contributed by atoms with E-state index in [-0.39, 0.29) is 10.8 Å². The maximum absolute atomic E-state index is 12.6. The molecule has 0 unspecified atom stereocenters. The second-order valence-corrected chi connectivity index (χ2v) is 6.66. The largest absolute Gasteiger partial charge is 0.495 e. The molecule has 1 aromatic carbocycles. The van der Waals surface area contributed by atoms with Gasteiger partial charge in [-0.1, -0.05) is 19.9 Å². The van der Waals surface area contributed by atoms with E-state index in [4.69, 9.17) is 4.74 Å². The minimum Gasteiger partial charge on any atom is -0.495 e. The third-order valence-corrected chi connectivity index (χ3v) is 4.65. The summed E-state index contributed by atoms with van der Waals surface area (Å²) in [5.41, 5.74) is 1.58. The van der Waals surface area contributed by atoms with Crippen LogP contribution >= 0.6 is 0 Å². The van der Waals surface area contributed by atoms with Crippen molar-refractivity contribution in [3.05, 3.63) is 41.7 Å². The fraction of sp³-hybridized carbons (Fsp3) is 0.357. The van der Waals surface area contributed by atoms with Crippen LogP contribution in [0.15, 0.2) is 35.4 Å². The molecule has 20 heavy (non-hydrogen) atoms. The summed E-state index contributed by atoms with van der Waals surface area (Å²) >= 11 is 0. The summed E-state index contributed by atoms with van der Waals surface area (Å²) in [6, 6.07) is 6.85. The molecule has 2 aromatic rings. The Morgan fingerprint density at radius 1 is 1.25 bits per heavy atom. The predicted molar refractivity (Wildman–Crippen MR) is 76.6 cm³/mol. The minimum atomic E-state index is -3.74. The van der Waals surface area contributed by atoms with Gasteiger partial charge in [-0.05, 0) is 36.6 Å². The zero-order valence-electron chi connectivity index (χ0n) is 12.0. The van der Waals surface area contributed by atoms with Crippen LogP contribution in [0.2, 0.25) is 0 Å². The summed E-state index contributed by atoms with van der Waals surface area (Å²) in [5, 5.41) is 3.98. The average molecular weight is 294 g/mol. The SMILES string of the molecule is COc1ccc(C(C)C)cc1S(=O)(=O)n1ccc(C)n1. The van der Waals surface area contributed by atoms with Crippen LogP contribution in [0.3, 0.4) is 0 Å². The second-order valence-electron chi connectivity index (χ2n) is 4.90. The Labute approximate surface area is 119 Å². The standard InChI is InChI=1S/C14H18N2O3S/c1-10(2)12-5-6-13(19-4)14(9-12)20(17,18)16-8-7-11(3)15-16/h5-10H,1-4H3. The quantitative estimate of drug-likeness (QED) is 0.869. The van der Waals surface area contributed by atoms with E-state index < -0.39 is 10.0 Å². The van der Waals surface area contributed by atoms with Crippen LogP contribution < -0.4 is 4.74 Å². The molecule has 6 heteroatoms. The lowest BCUT2D eigenvalue weighted by molar-refractivity contribution is 0.402. The molecule has 0 atom stereocenters. The van der Waals surface area contributed by atoms with E-state index >= 15 is 0 Å². The van der Waals surface area contributed by atoms with Crippen molar-refractivity contribution in [1.82, 2.24) is 9.19 Å². The molecule has 0 fully saturated rings. The van der Waals surface area contributed by atoms with Crippen LogP contribution in [0.4, 0.5) is 0 Å². The van der Waals surface area contributed by atoms with Gasteiger partial charge in [0, 0.05) is 6.20 Å². The molecule has 0 spiro atoms. The molecule has 0 bridgehead atoms. The van der Waals surface area contributed by atoms with Gasteiger partial charge in [0.2, 0.25) is 0 Å². The van der Waals surface area contributed by atoms with E-state index in [1.54, 1.807) is 25.1 Å². The van der Waals surface area contributed by atoms with Crippen LogP contribution in [0.1, 0.15) is 31.0 Å². The van der Waals surface area contributed by atoms with E-state index in [2.05, 4.69) is 5.10 Å². The van der Waals surface area contributed by atoms with E-state index in [1.165, 1.54) is 13.3 Å². The lowest BCUT2D eigenvalue weighted by Gasteiger charge is -2.13. The van der Waals surface area contributed by atoms with E-state index in [0.717, 1.165) is 9.65 Å². The molecule has 2 rings (SSSR count). The van der Waals surface area contributed by atoms with E-state index in [0.29, 0.717) is 11.4 Å². The third-order valence-electron chi connectivity index (χ3n) is 3.08. The van der Waals surface area contributed by atoms with Gasteiger partial charge in [-0.25, -0.2) is 0 Å². The number of rotatable bonds is 4. The molecule has 1 heterocycles. The summed E-state index contributed by atoms with van der Waals surface area (Å²) < 4.78 is 31.4. The van der Waals surface area contributed by atoms with Gasteiger partial charge >= 0.3 is 0 Å². The van der Waals surface area contributed by atoms with Gasteiger partial charge in [0.15, 0.2) is 0 Å². The first-order chi connectivity index (χ1) is 9.36. The van der Waals surface area contributed by atoms with Crippen LogP contribution in [0.5, 0.6) is 5.75 Å². The zero-order valence-corrected chi connectivity index (χ0v) is 12.8. The fourth-order valence-corrected chi connectivity index (χ4v) is 3.23. The molecule has 0 aliphatic carbocycles. The molecule has 0 aliphatic heterocycles. The Kier molecular flexibility index (Phi) is 3.85. The number of benzene rings is 1. The summed E-state index contributed by atoms with van der Waals surface area (Å²) in [6.07, 6.45) is 1.44. The Bertz CT molecular complexity index is 718. The summed E-state index contributed by atoms with van der Waals surface area (Å²) in [7, 11) is -2.28. The van der Waals surface area contributed by atoms with Crippen LogP contribution in [0, 0.1) is 6.92 Å². The van der Waals surface area contributed by atoms with Gasteiger partial charge in [-0.15, -0.1) is 0 Å². The highest BCUT2D eigenvalue weighted by molar-refractivity contribution is 7.90. The molecule has 0 N–H and O–H groups in total. The molecule has 0 saturated carbocycles. The molecule has 1 aromatic heterocycles. The van der Waals surface area contributed by atoms with Gasteiger partial charge in [-0.3, -0.25) is 0 Å². The summed E-state index contributed by atoms with van der Waals surface area (Å²) in [6.45, 7) is 5.76. The number of ether oxygens (including phenoxy) is 1. The van der Waals surface area contributed by atoms with Crippen LogP contribution in [-0.4, -0.2) is 24.7 Å². The molecular weight excluding hydrogens is 276 g/mol. The summed E-state index contributed by atoms with van der Waals surface area (Å²) in [4.78, 5) is 0.134. The Morgan fingerprint density at radius 3 is 2.45 bits per heavy atom. The number of methoxy groups -OCH3 is 1. The normalized spacial score (nSPS) is 11.8. The number of aryl methyl sites for hydroxylation is 1. The van der Waals surface area contributed by atoms with Gasteiger partial charge < -0.3 is 4.74 Å². The number of aromatic nitrogens is 2. The fourth-order valence-electron chi connectivity index (χ4n) is 1.88. The molecule has 0 aliphatic rings. The highest BCUT2D eigenvalue weighted by Gasteiger charge is 2.23. The first kappa shape index (κ1) is 14.6. The van der Waals surface area contributed by atoms with Gasteiger partial charge in [0.1, 0.15) is 10.6 Å². The highest BCUT2D eigenvalue weighted by atomic mass is 32.2. The molecule has 0 radical (unpaired) electrons. The van der Waals surface area contributed by atoms with Crippen LogP contribution in [0.25, 0.3) is 0 Å². The van der Waals surface area contributed by atoms with Crippen LogP contribution in [-0.2, 0) is 10.0 Å². The van der Waals surface area contributed by atoms with Gasteiger partial charge in [0.25, 0.3) is 10.0 Å². The average Bonchev–Trinajstić information content (AvgIpc) is 2.85. The number of nitrogens with zero attached hydrogens (tertiary/aromatic N) is 2. The van der Waals surface area contributed by atoms with Crippen molar-refractivity contribution >= 4 is 10.0 Å². The first-order valence-corrected chi connectivity index (χ1v) is 7.76. The van der Waals surface area contributed by atoms with E-state index in [1.807, 2.05) is 19.9 Å². The Balaban J connectivity index is 2.63. The maximum Gasteiger partial charge on any atom is 0.286 e. The molecule has 0 saturated heterocycles. The van der Waals surface area contributed by atoms with Gasteiger partial charge in [-0.2, -0.15) is 17.6 Å². The zero-order chi connectivity index (χ0) is 14.9. The molecule has 0 amide bonds.